The molecule has 1 unspecified atom stereocenters. The van der Waals surface area contributed by atoms with Crippen LogP contribution in [-0.4, -0.2) is 41.2 Å². The van der Waals surface area contributed by atoms with Crippen LogP contribution in [0.25, 0.3) is 0 Å². The molecule has 1 N–H and O–H groups in total. The van der Waals surface area contributed by atoms with Crippen LogP contribution in [0.3, 0.4) is 0 Å². The summed E-state index contributed by atoms with van der Waals surface area (Å²) in [6.45, 7) is 1.94. The topological polar surface area (TPSA) is 81.7 Å². The summed E-state index contributed by atoms with van der Waals surface area (Å²) in [5, 5.41) is 2.53. The third-order valence-corrected chi connectivity index (χ3v) is 3.86. The Labute approximate surface area is 126 Å². The van der Waals surface area contributed by atoms with Crippen molar-refractivity contribution >= 4 is 25.6 Å². The predicted octanol–water partition coefficient (Wildman–Crippen LogP) is 1.53. The molecule has 1 aromatic carbocycles. The average Bonchev–Trinajstić information content (AvgIpc) is 2.36. The number of carbonyl (C=O) groups excluding carboxylic acids is 1. The molecule has 0 aliphatic carbocycles. The Morgan fingerprint density at radius 3 is 2.52 bits per heavy atom. The third-order valence-electron chi connectivity index (χ3n) is 2.53. The van der Waals surface area contributed by atoms with Gasteiger partial charge in [-0.1, -0.05) is 0 Å². The molecule has 9 heteroatoms. The van der Waals surface area contributed by atoms with Gasteiger partial charge in [0.25, 0.3) is 15.0 Å². The summed E-state index contributed by atoms with van der Waals surface area (Å²) in [7, 11) is 3.53. The van der Waals surface area contributed by atoms with Crippen LogP contribution < -0.4 is 10.1 Å². The van der Waals surface area contributed by atoms with E-state index in [4.69, 9.17) is 15.4 Å². The molecule has 0 spiro atoms. The summed E-state index contributed by atoms with van der Waals surface area (Å²) in [6.07, 6.45) is 0. The maximum atomic E-state index is 13.8. The Kier molecular flexibility index (Phi) is 5.94. The van der Waals surface area contributed by atoms with Gasteiger partial charge in [0.2, 0.25) is 0 Å². The summed E-state index contributed by atoms with van der Waals surface area (Å²) in [4.78, 5) is 11.3. The Bertz CT molecular complexity index is 635. The summed E-state index contributed by atoms with van der Waals surface area (Å²) < 4.78 is 46.2. The van der Waals surface area contributed by atoms with E-state index in [2.05, 4.69) is 10.1 Å². The van der Waals surface area contributed by atoms with Gasteiger partial charge < -0.3 is 14.8 Å². The van der Waals surface area contributed by atoms with E-state index in [-0.39, 0.29) is 18.2 Å². The van der Waals surface area contributed by atoms with Crippen LogP contribution in [0.15, 0.2) is 17.0 Å². The molecule has 0 aromatic heterocycles. The molecule has 0 heterocycles. The van der Waals surface area contributed by atoms with Crippen molar-refractivity contribution in [2.75, 3.05) is 20.8 Å². The Morgan fingerprint density at radius 1 is 1.43 bits per heavy atom. The van der Waals surface area contributed by atoms with Gasteiger partial charge in [-0.15, -0.1) is 0 Å². The lowest BCUT2D eigenvalue weighted by Crippen LogP contribution is -2.35. The highest BCUT2D eigenvalue weighted by Crippen LogP contribution is 2.31. The van der Waals surface area contributed by atoms with Crippen LogP contribution in [0.5, 0.6) is 5.75 Å². The van der Waals surface area contributed by atoms with E-state index in [1.165, 1.54) is 7.11 Å². The Balaban J connectivity index is 3.22. The first-order chi connectivity index (χ1) is 9.70. The van der Waals surface area contributed by atoms with Gasteiger partial charge in [-0.3, -0.25) is 4.79 Å². The number of nitrogens with one attached hydrogen (secondary N) is 1. The average molecular weight is 340 g/mol. The van der Waals surface area contributed by atoms with Crippen molar-refractivity contribution in [3.8, 4) is 5.75 Å². The molecule has 21 heavy (non-hydrogen) atoms. The third kappa shape index (κ3) is 4.55. The highest BCUT2D eigenvalue weighted by Gasteiger charge is 2.24. The Morgan fingerprint density at radius 2 is 2.05 bits per heavy atom. The fourth-order valence-electron chi connectivity index (χ4n) is 1.68. The van der Waals surface area contributed by atoms with Crippen molar-refractivity contribution in [2.24, 2.45) is 0 Å². The molecule has 0 fully saturated rings. The second-order valence-corrected chi connectivity index (χ2v) is 6.79. The lowest BCUT2D eigenvalue weighted by atomic mass is 10.2. The first-order valence-corrected chi connectivity index (χ1v) is 8.13. The van der Waals surface area contributed by atoms with E-state index in [0.29, 0.717) is 0 Å². The van der Waals surface area contributed by atoms with E-state index in [1.807, 2.05) is 0 Å². The second kappa shape index (κ2) is 7.06. The predicted molar refractivity (Wildman–Crippen MR) is 74.8 cm³/mol. The minimum atomic E-state index is -4.26. The molecule has 1 rings (SSSR count). The van der Waals surface area contributed by atoms with Crippen molar-refractivity contribution in [1.82, 2.24) is 5.32 Å². The van der Waals surface area contributed by atoms with Crippen molar-refractivity contribution in [3.63, 3.8) is 0 Å². The fraction of sp³-hybridized carbons (Fsp3) is 0.417. The first-order valence-electron chi connectivity index (χ1n) is 5.82. The van der Waals surface area contributed by atoms with Gasteiger partial charge in [0.15, 0.2) is 11.6 Å². The molecule has 0 aliphatic heterocycles. The Hall–Kier alpha value is -1.38. The maximum absolute atomic E-state index is 13.8. The fourth-order valence-corrected chi connectivity index (χ4v) is 2.69. The second-order valence-electron chi connectivity index (χ2n) is 4.26. The molecule has 0 saturated heterocycles. The van der Waals surface area contributed by atoms with Crippen LogP contribution in [0, 0.1) is 5.82 Å². The molecule has 118 valence electrons. The molecular weight excluding hydrogens is 325 g/mol. The molecule has 1 atom stereocenters. The van der Waals surface area contributed by atoms with Gasteiger partial charge >= 0.3 is 0 Å². The normalized spacial score (nSPS) is 12.8. The highest BCUT2D eigenvalue weighted by atomic mass is 35.7. The molecule has 0 saturated carbocycles. The van der Waals surface area contributed by atoms with Gasteiger partial charge in [-0.2, -0.15) is 0 Å². The number of methoxy groups -OCH3 is 2. The van der Waals surface area contributed by atoms with Crippen LogP contribution in [0.4, 0.5) is 4.39 Å². The number of carbonyl (C=O) groups is 1. The quantitative estimate of drug-likeness (QED) is 0.795. The zero-order chi connectivity index (χ0) is 16.2. The van der Waals surface area contributed by atoms with Crippen molar-refractivity contribution in [2.45, 2.75) is 17.9 Å². The summed E-state index contributed by atoms with van der Waals surface area (Å²) in [5.74, 6) is -2.18. The number of rotatable bonds is 6. The molecule has 1 aromatic rings. The molecule has 0 aliphatic rings. The molecule has 6 nitrogen and oxygen atoms in total. The van der Waals surface area contributed by atoms with E-state index in [9.17, 15) is 17.6 Å². The maximum Gasteiger partial charge on any atom is 0.265 e. The SMILES string of the molecule is COCC(C)NC(=O)c1cc(F)c(OC)c(S(=O)(=O)Cl)c1. The molecule has 0 radical (unpaired) electrons. The summed E-state index contributed by atoms with van der Waals surface area (Å²) in [5.41, 5.74) is -0.185. The van der Waals surface area contributed by atoms with Crippen LogP contribution in [-0.2, 0) is 13.8 Å². The molecule has 0 bridgehead atoms. The number of halogens is 2. The van der Waals surface area contributed by atoms with Gasteiger partial charge in [-0.05, 0) is 19.1 Å². The van der Waals surface area contributed by atoms with Crippen LogP contribution in [0.1, 0.15) is 17.3 Å². The minimum absolute atomic E-state index is 0.185. The van der Waals surface area contributed by atoms with Gasteiger partial charge in [-0.25, -0.2) is 12.8 Å². The number of hydrogen-bond acceptors (Lipinski definition) is 5. The van der Waals surface area contributed by atoms with Crippen LogP contribution >= 0.6 is 10.7 Å². The van der Waals surface area contributed by atoms with E-state index >= 15 is 0 Å². The van der Waals surface area contributed by atoms with Crippen molar-refractivity contribution in [1.29, 1.82) is 0 Å². The summed E-state index contributed by atoms with van der Waals surface area (Å²) >= 11 is 0. The first kappa shape index (κ1) is 17.7. The molecular formula is C12H15ClFNO5S. The molecule has 1 amide bonds. The van der Waals surface area contributed by atoms with E-state index in [0.717, 1.165) is 19.2 Å². The number of benzene rings is 1. The van der Waals surface area contributed by atoms with E-state index < -0.39 is 31.4 Å². The smallest absolute Gasteiger partial charge is 0.265 e. The number of amides is 1. The van der Waals surface area contributed by atoms with Gasteiger partial charge in [0.1, 0.15) is 4.90 Å². The lowest BCUT2D eigenvalue weighted by molar-refractivity contribution is 0.0905. The summed E-state index contributed by atoms with van der Waals surface area (Å²) in [6, 6.07) is 1.50. The lowest BCUT2D eigenvalue weighted by Gasteiger charge is -2.14. The minimum Gasteiger partial charge on any atom is -0.492 e. The van der Waals surface area contributed by atoms with Gasteiger partial charge in [0.05, 0.1) is 13.7 Å². The van der Waals surface area contributed by atoms with Crippen LogP contribution in [0.2, 0.25) is 0 Å². The van der Waals surface area contributed by atoms with Crippen molar-refractivity contribution in [3.05, 3.63) is 23.5 Å². The number of ether oxygens (including phenoxy) is 2. The van der Waals surface area contributed by atoms with E-state index in [1.54, 1.807) is 6.92 Å². The standard InChI is InChI=1S/C12H15ClFNO5S/c1-7(6-19-2)15-12(16)8-4-9(14)11(20-3)10(5-8)21(13,17)18/h4-5,7H,6H2,1-3H3,(H,15,16). The number of hydrogen-bond donors (Lipinski definition) is 1. The monoisotopic (exact) mass is 339 g/mol. The highest BCUT2D eigenvalue weighted by molar-refractivity contribution is 8.13. The van der Waals surface area contributed by atoms with Crippen molar-refractivity contribution < 1.29 is 27.1 Å². The zero-order valence-electron chi connectivity index (χ0n) is 11.6. The van der Waals surface area contributed by atoms with Gasteiger partial charge in [0, 0.05) is 29.4 Å². The zero-order valence-corrected chi connectivity index (χ0v) is 13.2. The largest absolute Gasteiger partial charge is 0.492 e.